The summed E-state index contributed by atoms with van der Waals surface area (Å²) >= 11 is 3.49. The van der Waals surface area contributed by atoms with Crippen LogP contribution < -0.4 is 10.5 Å². The Balaban J connectivity index is 1.95. The molecule has 1 aliphatic heterocycles. The molecule has 1 fully saturated rings. The van der Waals surface area contributed by atoms with Gasteiger partial charge in [-0.3, -0.25) is 4.90 Å². The quantitative estimate of drug-likeness (QED) is 0.908. The standard InChI is InChI=1S/C14H21BrN2O/c1-11-8-13(15)9-12(10-16)14(11)18-7-6-17-4-2-3-5-17/h8-9H,2-7,10,16H2,1H3. The molecule has 1 aliphatic rings. The molecule has 4 heteroatoms. The second-order valence-corrected chi connectivity index (χ2v) is 5.73. The highest BCUT2D eigenvalue weighted by Gasteiger charge is 2.12. The molecular formula is C14H21BrN2O. The van der Waals surface area contributed by atoms with E-state index in [1.165, 1.54) is 25.9 Å². The fraction of sp³-hybridized carbons (Fsp3) is 0.571. The van der Waals surface area contributed by atoms with Crippen LogP contribution >= 0.6 is 15.9 Å². The van der Waals surface area contributed by atoms with Crippen LogP contribution in [0, 0.1) is 6.92 Å². The van der Waals surface area contributed by atoms with Crippen LogP contribution in [-0.2, 0) is 6.54 Å². The highest BCUT2D eigenvalue weighted by atomic mass is 79.9. The monoisotopic (exact) mass is 312 g/mol. The van der Waals surface area contributed by atoms with Gasteiger partial charge in [0.1, 0.15) is 12.4 Å². The number of rotatable bonds is 5. The lowest BCUT2D eigenvalue weighted by molar-refractivity contribution is 0.235. The van der Waals surface area contributed by atoms with E-state index in [2.05, 4.69) is 33.8 Å². The molecule has 1 aromatic carbocycles. The van der Waals surface area contributed by atoms with Crippen LogP contribution in [0.5, 0.6) is 5.75 Å². The third-order valence-electron chi connectivity index (χ3n) is 3.39. The van der Waals surface area contributed by atoms with Crippen LogP contribution in [0.15, 0.2) is 16.6 Å². The first-order chi connectivity index (χ1) is 8.70. The topological polar surface area (TPSA) is 38.5 Å². The minimum absolute atomic E-state index is 0.513. The fourth-order valence-electron chi connectivity index (χ4n) is 2.44. The van der Waals surface area contributed by atoms with Gasteiger partial charge in [-0.15, -0.1) is 0 Å². The fourth-order valence-corrected chi connectivity index (χ4v) is 3.06. The average molecular weight is 313 g/mol. The van der Waals surface area contributed by atoms with E-state index >= 15 is 0 Å². The summed E-state index contributed by atoms with van der Waals surface area (Å²) in [6.07, 6.45) is 2.65. The number of hydrogen-bond acceptors (Lipinski definition) is 3. The lowest BCUT2D eigenvalue weighted by atomic mass is 10.1. The Morgan fingerprint density at radius 2 is 2.06 bits per heavy atom. The van der Waals surface area contributed by atoms with E-state index in [0.29, 0.717) is 6.54 Å². The Bertz CT molecular complexity index is 403. The highest BCUT2D eigenvalue weighted by molar-refractivity contribution is 9.10. The summed E-state index contributed by atoms with van der Waals surface area (Å²) in [4.78, 5) is 2.45. The van der Waals surface area contributed by atoms with Gasteiger partial charge in [-0.05, 0) is 50.6 Å². The summed E-state index contributed by atoms with van der Waals surface area (Å²) in [5.41, 5.74) is 7.99. The number of hydrogen-bond donors (Lipinski definition) is 1. The van der Waals surface area contributed by atoms with E-state index in [-0.39, 0.29) is 0 Å². The Morgan fingerprint density at radius 3 is 2.72 bits per heavy atom. The van der Waals surface area contributed by atoms with Gasteiger partial charge in [0, 0.05) is 23.1 Å². The lowest BCUT2D eigenvalue weighted by Crippen LogP contribution is -2.25. The molecular weight excluding hydrogens is 292 g/mol. The molecule has 2 N–H and O–H groups in total. The van der Waals surface area contributed by atoms with Gasteiger partial charge in [-0.2, -0.15) is 0 Å². The van der Waals surface area contributed by atoms with Gasteiger partial charge < -0.3 is 10.5 Å². The van der Waals surface area contributed by atoms with Gasteiger partial charge in [0.2, 0.25) is 0 Å². The molecule has 0 atom stereocenters. The summed E-state index contributed by atoms with van der Waals surface area (Å²) < 4.78 is 7.00. The largest absolute Gasteiger partial charge is 0.492 e. The molecule has 0 spiro atoms. The van der Waals surface area contributed by atoms with Crippen molar-refractivity contribution in [2.24, 2.45) is 5.73 Å². The first-order valence-corrected chi connectivity index (χ1v) is 7.34. The normalized spacial score (nSPS) is 16.2. The van der Waals surface area contributed by atoms with E-state index in [4.69, 9.17) is 10.5 Å². The minimum atomic E-state index is 0.513. The predicted octanol–water partition coefficient (Wildman–Crippen LogP) is 2.69. The first kappa shape index (κ1) is 13.8. The van der Waals surface area contributed by atoms with Gasteiger partial charge in [0.15, 0.2) is 0 Å². The van der Waals surface area contributed by atoms with Gasteiger partial charge in [0.05, 0.1) is 0 Å². The third kappa shape index (κ3) is 3.46. The van der Waals surface area contributed by atoms with E-state index in [0.717, 1.165) is 34.5 Å². The van der Waals surface area contributed by atoms with Crippen LogP contribution in [-0.4, -0.2) is 31.1 Å². The Hall–Kier alpha value is -0.580. The summed E-state index contributed by atoms with van der Waals surface area (Å²) in [7, 11) is 0. The van der Waals surface area contributed by atoms with Gasteiger partial charge in [-0.25, -0.2) is 0 Å². The molecule has 0 aliphatic carbocycles. The number of benzene rings is 1. The van der Waals surface area contributed by atoms with Crippen LogP contribution in [0.1, 0.15) is 24.0 Å². The molecule has 18 heavy (non-hydrogen) atoms. The zero-order chi connectivity index (χ0) is 13.0. The molecule has 1 heterocycles. The Labute approximate surface area is 117 Å². The molecule has 0 saturated carbocycles. The lowest BCUT2D eigenvalue weighted by Gasteiger charge is -2.18. The van der Waals surface area contributed by atoms with Crippen molar-refractivity contribution in [1.29, 1.82) is 0 Å². The summed E-state index contributed by atoms with van der Waals surface area (Å²) in [6, 6.07) is 4.11. The van der Waals surface area contributed by atoms with Crippen LogP contribution in [0.2, 0.25) is 0 Å². The molecule has 3 nitrogen and oxygen atoms in total. The van der Waals surface area contributed by atoms with Crippen LogP contribution in [0.25, 0.3) is 0 Å². The second kappa shape index (κ2) is 6.55. The van der Waals surface area contributed by atoms with Gasteiger partial charge in [0.25, 0.3) is 0 Å². The van der Waals surface area contributed by atoms with E-state index in [1.54, 1.807) is 0 Å². The second-order valence-electron chi connectivity index (χ2n) is 4.81. The van der Waals surface area contributed by atoms with Crippen molar-refractivity contribution in [2.75, 3.05) is 26.2 Å². The third-order valence-corrected chi connectivity index (χ3v) is 3.85. The predicted molar refractivity (Wildman–Crippen MR) is 77.9 cm³/mol. The van der Waals surface area contributed by atoms with Crippen molar-refractivity contribution in [3.63, 3.8) is 0 Å². The zero-order valence-electron chi connectivity index (χ0n) is 10.9. The maximum absolute atomic E-state index is 5.93. The molecule has 1 aromatic rings. The van der Waals surface area contributed by atoms with Crippen molar-refractivity contribution in [3.8, 4) is 5.75 Å². The first-order valence-electron chi connectivity index (χ1n) is 6.55. The number of nitrogens with zero attached hydrogens (tertiary/aromatic N) is 1. The number of nitrogens with two attached hydrogens (primary N) is 1. The molecule has 0 unspecified atom stereocenters. The van der Waals surface area contributed by atoms with Crippen molar-refractivity contribution >= 4 is 15.9 Å². The number of aryl methyl sites for hydroxylation is 1. The summed E-state index contributed by atoms with van der Waals surface area (Å²) in [5, 5.41) is 0. The van der Waals surface area contributed by atoms with Crippen molar-refractivity contribution in [2.45, 2.75) is 26.3 Å². The summed E-state index contributed by atoms with van der Waals surface area (Å²) in [5.74, 6) is 0.958. The molecule has 100 valence electrons. The van der Waals surface area contributed by atoms with Crippen molar-refractivity contribution in [1.82, 2.24) is 4.90 Å². The number of halogens is 1. The molecule has 0 radical (unpaired) electrons. The molecule has 1 saturated heterocycles. The van der Waals surface area contributed by atoms with Crippen molar-refractivity contribution < 1.29 is 4.74 Å². The maximum atomic E-state index is 5.93. The van der Waals surface area contributed by atoms with Crippen LogP contribution in [0.4, 0.5) is 0 Å². The Morgan fingerprint density at radius 1 is 1.33 bits per heavy atom. The smallest absolute Gasteiger partial charge is 0.126 e. The van der Waals surface area contributed by atoms with E-state index in [1.807, 2.05) is 6.07 Å². The Kier molecular flexibility index (Phi) is 5.03. The SMILES string of the molecule is Cc1cc(Br)cc(CN)c1OCCN1CCCC1. The molecule has 2 rings (SSSR count). The van der Waals surface area contributed by atoms with Gasteiger partial charge in [-0.1, -0.05) is 15.9 Å². The zero-order valence-corrected chi connectivity index (χ0v) is 12.5. The van der Waals surface area contributed by atoms with Gasteiger partial charge >= 0.3 is 0 Å². The summed E-state index contributed by atoms with van der Waals surface area (Å²) in [6.45, 7) is 6.77. The molecule has 0 bridgehead atoms. The number of likely N-dealkylation sites (tertiary alicyclic amines) is 1. The van der Waals surface area contributed by atoms with E-state index < -0.39 is 0 Å². The highest BCUT2D eigenvalue weighted by Crippen LogP contribution is 2.27. The van der Waals surface area contributed by atoms with Crippen LogP contribution in [0.3, 0.4) is 0 Å². The number of ether oxygens (including phenoxy) is 1. The average Bonchev–Trinajstić information content (AvgIpc) is 2.84. The minimum Gasteiger partial charge on any atom is -0.492 e. The maximum Gasteiger partial charge on any atom is 0.126 e. The molecule has 0 aromatic heterocycles. The molecule has 0 amide bonds. The van der Waals surface area contributed by atoms with Crippen molar-refractivity contribution in [3.05, 3.63) is 27.7 Å². The van der Waals surface area contributed by atoms with E-state index in [9.17, 15) is 0 Å².